The summed E-state index contributed by atoms with van der Waals surface area (Å²) in [6.07, 6.45) is 0. The van der Waals surface area contributed by atoms with Crippen molar-refractivity contribution in [1.82, 2.24) is 0 Å². The Bertz CT molecular complexity index is 767. The van der Waals surface area contributed by atoms with Crippen molar-refractivity contribution in [2.45, 2.75) is 25.5 Å². The van der Waals surface area contributed by atoms with Crippen molar-refractivity contribution in [2.75, 3.05) is 5.73 Å². The second-order valence-corrected chi connectivity index (χ2v) is 9.30. The standard InChI is InChI=1S/C17H18BrClN2OS/c1-17(2,3)23(22)21-16(11-4-7-13(19)8-5-11)14-10-12(18)6-9-15(14)20/h4-10H,20H2,1-3H3/t23-/m0/s1. The number of hydrogen-bond acceptors (Lipinski definition) is 2. The van der Waals surface area contributed by atoms with Gasteiger partial charge in [-0.3, -0.25) is 0 Å². The molecule has 0 saturated carbocycles. The molecule has 1 atom stereocenters. The highest BCUT2D eigenvalue weighted by Crippen LogP contribution is 2.25. The van der Waals surface area contributed by atoms with Gasteiger partial charge in [-0.15, -0.1) is 0 Å². The minimum Gasteiger partial charge on any atom is -0.398 e. The number of nitrogens with two attached hydrogens (primary N) is 1. The van der Waals surface area contributed by atoms with Crippen molar-refractivity contribution in [3.8, 4) is 0 Å². The van der Waals surface area contributed by atoms with Gasteiger partial charge in [0.05, 0.1) is 10.5 Å². The van der Waals surface area contributed by atoms with Crippen molar-refractivity contribution >= 4 is 49.9 Å². The van der Waals surface area contributed by atoms with Gasteiger partial charge in [0.1, 0.15) is 11.0 Å². The van der Waals surface area contributed by atoms with E-state index >= 15 is 0 Å². The Morgan fingerprint density at radius 1 is 1.17 bits per heavy atom. The highest BCUT2D eigenvalue weighted by atomic mass is 79.9. The van der Waals surface area contributed by atoms with Gasteiger partial charge >= 0.3 is 0 Å². The summed E-state index contributed by atoms with van der Waals surface area (Å²) in [5, 5.41) is 0.632. The van der Waals surface area contributed by atoms with Crippen LogP contribution in [0.4, 0.5) is 5.69 Å². The number of nitrogens with zero attached hydrogens (tertiary/aromatic N) is 1. The predicted octanol–water partition coefficient (Wildman–Crippen LogP) is 4.98. The van der Waals surface area contributed by atoms with Crippen molar-refractivity contribution < 1.29 is 4.21 Å². The number of nitrogen functional groups attached to an aromatic ring is 1. The van der Waals surface area contributed by atoms with Crippen LogP contribution in [0.25, 0.3) is 0 Å². The Balaban J connectivity index is 2.65. The first-order valence-corrected chi connectivity index (χ1v) is 9.28. The molecule has 0 aromatic heterocycles. The Morgan fingerprint density at radius 2 is 1.78 bits per heavy atom. The van der Waals surface area contributed by atoms with Crippen molar-refractivity contribution in [3.63, 3.8) is 0 Å². The molecule has 3 nitrogen and oxygen atoms in total. The third-order valence-corrected chi connectivity index (χ3v) is 5.23. The average molecular weight is 414 g/mol. The smallest absolute Gasteiger partial charge is 0.145 e. The highest BCUT2D eigenvalue weighted by Gasteiger charge is 2.21. The molecule has 0 aliphatic carbocycles. The summed E-state index contributed by atoms with van der Waals surface area (Å²) < 4.78 is 17.4. The topological polar surface area (TPSA) is 55.5 Å². The molecule has 0 amide bonds. The van der Waals surface area contributed by atoms with E-state index in [2.05, 4.69) is 20.3 Å². The molecule has 6 heteroatoms. The summed E-state index contributed by atoms with van der Waals surface area (Å²) in [4.78, 5) is 0. The van der Waals surface area contributed by atoms with E-state index in [9.17, 15) is 4.21 Å². The zero-order valence-corrected chi connectivity index (χ0v) is 16.3. The number of rotatable bonds is 3. The van der Waals surface area contributed by atoms with Gasteiger partial charge in [0.25, 0.3) is 0 Å². The van der Waals surface area contributed by atoms with E-state index < -0.39 is 15.7 Å². The molecule has 2 aromatic rings. The molecular formula is C17H18BrClN2OS. The second kappa shape index (κ2) is 7.16. The van der Waals surface area contributed by atoms with Gasteiger partial charge < -0.3 is 5.73 Å². The first-order chi connectivity index (χ1) is 10.7. The Kier molecular flexibility index (Phi) is 5.65. The molecular weight excluding hydrogens is 396 g/mol. The Hall–Kier alpha value is -1.17. The Morgan fingerprint density at radius 3 is 2.35 bits per heavy atom. The van der Waals surface area contributed by atoms with Crippen molar-refractivity contribution in [1.29, 1.82) is 0 Å². The minimum atomic E-state index is -1.40. The van der Waals surface area contributed by atoms with Gasteiger partial charge in [-0.1, -0.05) is 39.7 Å². The summed E-state index contributed by atoms with van der Waals surface area (Å²) in [7, 11) is -1.40. The third-order valence-electron chi connectivity index (χ3n) is 3.09. The van der Waals surface area contributed by atoms with E-state index in [0.29, 0.717) is 16.4 Å². The molecule has 23 heavy (non-hydrogen) atoms. The SMILES string of the molecule is CC(C)(C)[S@](=O)N=C(c1ccc(Cl)cc1)c1cc(Br)ccc1N. The molecule has 0 spiro atoms. The van der Waals surface area contributed by atoms with E-state index in [-0.39, 0.29) is 0 Å². The van der Waals surface area contributed by atoms with Crippen LogP contribution < -0.4 is 5.73 Å². The normalized spacial score (nSPS) is 13.9. The molecule has 2 N–H and O–H groups in total. The lowest BCUT2D eigenvalue weighted by Gasteiger charge is -2.16. The monoisotopic (exact) mass is 412 g/mol. The van der Waals surface area contributed by atoms with Crippen molar-refractivity contribution in [2.24, 2.45) is 4.40 Å². The molecule has 0 heterocycles. The molecule has 2 rings (SSSR count). The van der Waals surface area contributed by atoms with E-state index in [1.807, 2.05) is 45.0 Å². The lowest BCUT2D eigenvalue weighted by Crippen LogP contribution is -2.21. The maximum Gasteiger partial charge on any atom is 0.145 e. The molecule has 0 saturated heterocycles. The van der Waals surface area contributed by atoms with Crippen LogP contribution in [0.3, 0.4) is 0 Å². The number of anilines is 1. The zero-order chi connectivity index (χ0) is 17.2. The van der Waals surface area contributed by atoms with Gasteiger partial charge in [0.15, 0.2) is 0 Å². The fraction of sp³-hybridized carbons (Fsp3) is 0.235. The van der Waals surface area contributed by atoms with Crippen LogP contribution in [0.5, 0.6) is 0 Å². The fourth-order valence-corrected chi connectivity index (χ4v) is 2.95. The number of benzene rings is 2. The molecule has 0 aliphatic heterocycles. The summed E-state index contributed by atoms with van der Waals surface area (Å²) >= 11 is 9.41. The average Bonchev–Trinajstić information content (AvgIpc) is 2.47. The summed E-state index contributed by atoms with van der Waals surface area (Å²) in [6.45, 7) is 5.66. The van der Waals surface area contributed by atoms with Gasteiger partial charge in [-0.2, -0.15) is 4.40 Å². The van der Waals surface area contributed by atoms with Crippen molar-refractivity contribution in [3.05, 3.63) is 63.1 Å². The minimum absolute atomic E-state index is 0.460. The van der Waals surface area contributed by atoms with Gasteiger partial charge in [-0.05, 0) is 51.1 Å². The van der Waals surface area contributed by atoms with E-state index in [1.165, 1.54) is 0 Å². The predicted molar refractivity (Wildman–Crippen MR) is 104 cm³/mol. The first kappa shape index (κ1) is 18.2. The third kappa shape index (κ3) is 4.66. The fourth-order valence-electron chi connectivity index (χ4n) is 1.82. The van der Waals surface area contributed by atoms with Crippen LogP contribution >= 0.6 is 27.5 Å². The maximum atomic E-state index is 12.5. The van der Waals surface area contributed by atoms with Gasteiger partial charge in [0.2, 0.25) is 0 Å². The number of halogens is 2. The molecule has 122 valence electrons. The molecule has 0 radical (unpaired) electrons. The van der Waals surface area contributed by atoms with Crippen LogP contribution in [0.1, 0.15) is 31.9 Å². The quantitative estimate of drug-likeness (QED) is 0.569. The largest absolute Gasteiger partial charge is 0.398 e. The second-order valence-electron chi connectivity index (χ2n) is 6.04. The van der Waals surface area contributed by atoms with Crippen LogP contribution in [0.15, 0.2) is 51.3 Å². The van der Waals surface area contributed by atoms with Gasteiger partial charge in [-0.25, -0.2) is 4.21 Å². The maximum absolute atomic E-state index is 12.5. The van der Waals surface area contributed by atoms with Crippen LogP contribution in [0, 0.1) is 0 Å². The van der Waals surface area contributed by atoms with E-state index in [0.717, 1.165) is 15.6 Å². The highest BCUT2D eigenvalue weighted by molar-refractivity contribution is 9.10. The summed E-state index contributed by atoms with van der Waals surface area (Å²) in [6, 6.07) is 12.8. The zero-order valence-electron chi connectivity index (χ0n) is 13.1. The first-order valence-electron chi connectivity index (χ1n) is 7.00. The molecule has 2 aromatic carbocycles. The molecule has 0 fully saturated rings. The molecule has 0 bridgehead atoms. The number of hydrogen-bond donors (Lipinski definition) is 1. The van der Waals surface area contributed by atoms with Gasteiger partial charge in [0, 0.05) is 26.3 Å². The summed E-state index contributed by atoms with van der Waals surface area (Å²) in [5.74, 6) is 0. The van der Waals surface area contributed by atoms with E-state index in [4.69, 9.17) is 17.3 Å². The van der Waals surface area contributed by atoms with Crippen LogP contribution in [-0.2, 0) is 11.0 Å². The van der Waals surface area contributed by atoms with E-state index in [1.54, 1.807) is 18.2 Å². The Labute approximate surface area is 152 Å². The molecule has 0 unspecified atom stereocenters. The van der Waals surface area contributed by atoms with Crippen LogP contribution in [0.2, 0.25) is 5.02 Å². The molecule has 0 aliphatic rings. The summed E-state index contributed by atoms with van der Waals surface area (Å²) in [5.41, 5.74) is 8.84. The van der Waals surface area contributed by atoms with Crippen LogP contribution in [-0.4, -0.2) is 14.7 Å². The lowest BCUT2D eigenvalue weighted by atomic mass is 10.0. The lowest BCUT2D eigenvalue weighted by molar-refractivity contribution is 0.650.